The number of halogens is 2. The molecule has 0 aliphatic carbocycles. The third-order valence-corrected chi connectivity index (χ3v) is 3.21. The summed E-state index contributed by atoms with van der Waals surface area (Å²) < 4.78 is 18.9. The van der Waals surface area contributed by atoms with Crippen molar-refractivity contribution in [1.82, 2.24) is 9.78 Å². The average molecular weight is 339 g/mol. The van der Waals surface area contributed by atoms with Crippen molar-refractivity contribution in [2.75, 3.05) is 6.61 Å². The van der Waals surface area contributed by atoms with E-state index in [1.165, 1.54) is 19.1 Å². The minimum absolute atomic E-state index is 0.0678. The fourth-order valence-corrected chi connectivity index (χ4v) is 1.99. The van der Waals surface area contributed by atoms with Gasteiger partial charge in [-0.15, -0.1) is 0 Å². The van der Waals surface area contributed by atoms with Crippen molar-refractivity contribution in [2.24, 2.45) is 0 Å². The Morgan fingerprint density at radius 1 is 1.35 bits per heavy atom. The molecule has 8 heteroatoms. The van der Waals surface area contributed by atoms with Gasteiger partial charge in [0, 0.05) is 6.92 Å². The first-order valence-corrected chi connectivity index (χ1v) is 7.00. The predicted octanol–water partition coefficient (Wildman–Crippen LogP) is 2.40. The van der Waals surface area contributed by atoms with E-state index in [2.05, 4.69) is 5.10 Å². The van der Waals surface area contributed by atoms with Gasteiger partial charge in [-0.3, -0.25) is 9.59 Å². The number of esters is 1. The van der Waals surface area contributed by atoms with Gasteiger partial charge in [0.1, 0.15) is 17.1 Å². The maximum Gasteiger partial charge on any atom is 0.343 e. The maximum absolute atomic E-state index is 13.3. The number of hydrogen-bond donors (Lipinski definition) is 0. The molecule has 0 spiro atoms. The standard InChI is InChI=1S/C15H12ClFN2O4/c1-3-23-15(22)10-7-13(8(2)20)18-19(14(10)21)9-4-5-12(17)11(16)6-9/h4-7H,3H2,1-2H3. The third kappa shape index (κ3) is 3.45. The van der Waals surface area contributed by atoms with E-state index in [-0.39, 0.29) is 28.6 Å². The molecule has 0 aliphatic heterocycles. The topological polar surface area (TPSA) is 78.3 Å². The molecule has 1 aromatic carbocycles. The van der Waals surface area contributed by atoms with Crippen molar-refractivity contribution in [2.45, 2.75) is 13.8 Å². The summed E-state index contributed by atoms with van der Waals surface area (Å²) in [7, 11) is 0. The zero-order valence-corrected chi connectivity index (χ0v) is 13.1. The summed E-state index contributed by atoms with van der Waals surface area (Å²) in [5, 5.41) is 3.66. The van der Waals surface area contributed by atoms with Crippen LogP contribution in [-0.4, -0.2) is 28.1 Å². The summed E-state index contributed by atoms with van der Waals surface area (Å²) >= 11 is 5.69. The van der Waals surface area contributed by atoms with E-state index in [1.54, 1.807) is 6.92 Å². The molecule has 0 N–H and O–H groups in total. The molecular formula is C15H12ClFN2O4. The van der Waals surface area contributed by atoms with E-state index in [9.17, 15) is 18.8 Å². The van der Waals surface area contributed by atoms with E-state index < -0.39 is 23.1 Å². The summed E-state index contributed by atoms with van der Waals surface area (Å²) in [5.41, 5.74) is -1.12. The van der Waals surface area contributed by atoms with Crippen molar-refractivity contribution in [3.63, 3.8) is 0 Å². The number of carbonyl (C=O) groups is 2. The number of nitrogens with zero attached hydrogens (tertiary/aromatic N) is 2. The number of ketones is 1. The first-order chi connectivity index (χ1) is 10.8. The third-order valence-electron chi connectivity index (χ3n) is 2.92. The summed E-state index contributed by atoms with van der Waals surface area (Å²) in [5.74, 6) is -1.99. The molecule has 0 aliphatic rings. The van der Waals surface area contributed by atoms with E-state index >= 15 is 0 Å². The smallest absolute Gasteiger partial charge is 0.343 e. The van der Waals surface area contributed by atoms with Crippen LogP contribution in [0.5, 0.6) is 0 Å². The van der Waals surface area contributed by atoms with Crippen LogP contribution in [0, 0.1) is 5.82 Å². The van der Waals surface area contributed by atoms with Gasteiger partial charge in [-0.25, -0.2) is 9.18 Å². The number of hydrogen-bond acceptors (Lipinski definition) is 5. The first kappa shape index (κ1) is 16.8. The number of ether oxygens (including phenoxy) is 1. The molecule has 0 saturated carbocycles. The van der Waals surface area contributed by atoms with Crippen molar-refractivity contribution < 1.29 is 18.7 Å². The number of rotatable bonds is 4. The summed E-state index contributed by atoms with van der Waals surface area (Å²) in [6.07, 6.45) is 0. The van der Waals surface area contributed by atoms with Crippen LogP contribution in [0.1, 0.15) is 34.7 Å². The van der Waals surface area contributed by atoms with Gasteiger partial charge in [0.05, 0.1) is 17.3 Å². The van der Waals surface area contributed by atoms with Crippen LogP contribution in [0.25, 0.3) is 5.69 Å². The fraction of sp³-hybridized carbons (Fsp3) is 0.200. The zero-order valence-electron chi connectivity index (χ0n) is 12.3. The second kappa shape index (κ2) is 6.70. The van der Waals surface area contributed by atoms with Crippen LogP contribution in [0.15, 0.2) is 29.1 Å². The molecule has 0 unspecified atom stereocenters. The maximum atomic E-state index is 13.3. The minimum Gasteiger partial charge on any atom is -0.462 e. The van der Waals surface area contributed by atoms with Gasteiger partial charge >= 0.3 is 5.97 Å². The molecule has 2 rings (SSSR count). The minimum atomic E-state index is -0.871. The first-order valence-electron chi connectivity index (χ1n) is 6.63. The summed E-state index contributed by atoms with van der Waals surface area (Å²) in [6, 6.07) is 4.55. The molecule has 0 fully saturated rings. The molecule has 0 saturated heterocycles. The largest absolute Gasteiger partial charge is 0.462 e. The Balaban J connectivity index is 2.71. The van der Waals surface area contributed by atoms with Crippen molar-refractivity contribution >= 4 is 23.4 Å². The van der Waals surface area contributed by atoms with E-state index in [0.29, 0.717) is 0 Å². The normalized spacial score (nSPS) is 10.4. The molecule has 0 bridgehead atoms. The molecule has 0 amide bonds. The molecule has 23 heavy (non-hydrogen) atoms. The fourth-order valence-electron chi connectivity index (χ4n) is 1.81. The van der Waals surface area contributed by atoms with E-state index in [0.717, 1.165) is 16.8 Å². The SMILES string of the molecule is CCOC(=O)c1cc(C(C)=O)nn(-c2ccc(F)c(Cl)c2)c1=O. The van der Waals surface area contributed by atoms with Gasteiger partial charge in [0.25, 0.3) is 5.56 Å². The predicted molar refractivity (Wildman–Crippen MR) is 80.8 cm³/mol. The van der Waals surface area contributed by atoms with Crippen molar-refractivity contribution in [3.05, 3.63) is 56.7 Å². The van der Waals surface area contributed by atoms with Gasteiger partial charge in [0.2, 0.25) is 0 Å². The average Bonchev–Trinajstić information content (AvgIpc) is 2.50. The molecule has 1 aromatic heterocycles. The van der Waals surface area contributed by atoms with E-state index in [1.807, 2.05) is 0 Å². The highest BCUT2D eigenvalue weighted by Gasteiger charge is 2.19. The lowest BCUT2D eigenvalue weighted by Crippen LogP contribution is -2.30. The number of aromatic nitrogens is 2. The van der Waals surface area contributed by atoms with Crippen LogP contribution in [0.4, 0.5) is 4.39 Å². The monoisotopic (exact) mass is 338 g/mol. The molecule has 120 valence electrons. The lowest BCUT2D eigenvalue weighted by Gasteiger charge is -2.09. The van der Waals surface area contributed by atoms with Gasteiger partial charge in [-0.2, -0.15) is 9.78 Å². The number of benzene rings is 1. The molecule has 2 aromatic rings. The quantitative estimate of drug-likeness (QED) is 0.632. The Labute approximate surface area is 135 Å². The van der Waals surface area contributed by atoms with Crippen molar-refractivity contribution in [1.29, 1.82) is 0 Å². The Hall–Kier alpha value is -2.54. The number of Topliss-reactive ketones (excluding diaryl/α,β-unsaturated/α-hetero) is 1. The van der Waals surface area contributed by atoms with Crippen LogP contribution in [0.3, 0.4) is 0 Å². The molecule has 0 radical (unpaired) electrons. The molecule has 6 nitrogen and oxygen atoms in total. The van der Waals surface area contributed by atoms with Gasteiger partial charge in [-0.05, 0) is 31.2 Å². The summed E-state index contributed by atoms with van der Waals surface area (Å²) in [4.78, 5) is 35.9. The highest BCUT2D eigenvalue weighted by Crippen LogP contribution is 2.18. The van der Waals surface area contributed by atoms with E-state index in [4.69, 9.17) is 16.3 Å². The van der Waals surface area contributed by atoms with Crippen LogP contribution < -0.4 is 5.56 Å². The Kier molecular flexibility index (Phi) is 4.90. The number of carbonyl (C=O) groups excluding carboxylic acids is 2. The molecular weight excluding hydrogens is 327 g/mol. The highest BCUT2D eigenvalue weighted by atomic mass is 35.5. The van der Waals surface area contributed by atoms with Gasteiger partial charge < -0.3 is 4.74 Å². The highest BCUT2D eigenvalue weighted by molar-refractivity contribution is 6.30. The van der Waals surface area contributed by atoms with Crippen LogP contribution in [0.2, 0.25) is 5.02 Å². The Bertz CT molecular complexity index is 848. The van der Waals surface area contributed by atoms with Crippen LogP contribution in [-0.2, 0) is 4.74 Å². The zero-order chi connectivity index (χ0) is 17.1. The van der Waals surface area contributed by atoms with Crippen LogP contribution >= 0.6 is 11.6 Å². The molecule has 0 atom stereocenters. The lowest BCUT2D eigenvalue weighted by atomic mass is 10.2. The summed E-state index contributed by atoms with van der Waals surface area (Å²) in [6.45, 7) is 2.89. The Morgan fingerprint density at radius 3 is 2.61 bits per heavy atom. The molecule has 1 heterocycles. The second-order valence-corrected chi connectivity index (χ2v) is 4.94. The second-order valence-electron chi connectivity index (χ2n) is 4.54. The van der Waals surface area contributed by atoms with Gasteiger partial charge in [-0.1, -0.05) is 11.6 Å². The lowest BCUT2D eigenvalue weighted by molar-refractivity contribution is 0.0523. The van der Waals surface area contributed by atoms with Crippen molar-refractivity contribution in [3.8, 4) is 5.69 Å². The Morgan fingerprint density at radius 2 is 2.04 bits per heavy atom. The van der Waals surface area contributed by atoms with Gasteiger partial charge in [0.15, 0.2) is 5.78 Å².